The van der Waals surface area contributed by atoms with Gasteiger partial charge in [0.1, 0.15) is 6.04 Å². The summed E-state index contributed by atoms with van der Waals surface area (Å²) in [6.07, 6.45) is -0.229. The number of primary amides is 1. The summed E-state index contributed by atoms with van der Waals surface area (Å²) < 4.78 is 24.4. The molecular weight excluding hydrogens is 220 g/mol. The maximum Gasteiger partial charge on any atom is 0.235 e. The monoisotopic (exact) mass is 236 g/mol. The Labute approximate surface area is 89.1 Å². The molecule has 0 saturated carbocycles. The first-order chi connectivity index (χ1) is 6.88. The Kier molecular flexibility index (Phi) is 3.69. The molecule has 0 aliphatic carbocycles. The van der Waals surface area contributed by atoms with Crippen LogP contribution in [-0.2, 0) is 14.8 Å². The molecule has 2 atom stereocenters. The van der Waals surface area contributed by atoms with Crippen LogP contribution < -0.4 is 5.73 Å². The van der Waals surface area contributed by atoms with Crippen molar-refractivity contribution in [2.45, 2.75) is 31.9 Å². The van der Waals surface area contributed by atoms with Gasteiger partial charge in [0.05, 0.1) is 11.9 Å². The number of sulfonamides is 1. The maximum absolute atomic E-state index is 11.7. The highest BCUT2D eigenvalue weighted by molar-refractivity contribution is 7.89. The summed E-state index contributed by atoms with van der Waals surface area (Å²) in [6, 6.07) is -0.892. The Balaban J connectivity index is 2.88. The number of β-amino-alcohol motifs (C(OH)–C–C–N with tert-alkyl or cyclic N) is 1. The highest BCUT2D eigenvalue weighted by Gasteiger charge is 2.41. The van der Waals surface area contributed by atoms with Crippen LogP contribution in [0, 0.1) is 0 Å². The summed E-state index contributed by atoms with van der Waals surface area (Å²) in [4.78, 5) is 11.0. The zero-order valence-electron chi connectivity index (χ0n) is 8.59. The molecule has 1 saturated heterocycles. The van der Waals surface area contributed by atoms with Crippen LogP contribution in [0.4, 0.5) is 0 Å². The van der Waals surface area contributed by atoms with E-state index >= 15 is 0 Å². The van der Waals surface area contributed by atoms with E-state index in [0.29, 0.717) is 6.42 Å². The number of hydrogen-bond acceptors (Lipinski definition) is 4. The third kappa shape index (κ3) is 2.67. The molecule has 3 N–H and O–H groups in total. The Morgan fingerprint density at radius 3 is 2.67 bits per heavy atom. The fraction of sp³-hybridized carbons (Fsp3) is 0.875. The summed E-state index contributed by atoms with van der Waals surface area (Å²) in [5.41, 5.74) is 5.09. The van der Waals surface area contributed by atoms with Crippen molar-refractivity contribution in [2.75, 3.05) is 12.3 Å². The summed E-state index contributed by atoms with van der Waals surface area (Å²) >= 11 is 0. The Morgan fingerprint density at radius 1 is 1.60 bits per heavy atom. The van der Waals surface area contributed by atoms with E-state index < -0.39 is 28.1 Å². The van der Waals surface area contributed by atoms with Gasteiger partial charge in [-0.05, 0) is 6.42 Å². The molecule has 0 aromatic rings. The minimum Gasteiger partial charge on any atom is -0.392 e. The lowest BCUT2D eigenvalue weighted by molar-refractivity contribution is -0.121. The number of aliphatic hydroxyl groups is 1. The van der Waals surface area contributed by atoms with Crippen molar-refractivity contribution in [1.82, 2.24) is 4.31 Å². The number of nitrogens with zero attached hydrogens (tertiary/aromatic N) is 1. The first kappa shape index (κ1) is 12.4. The van der Waals surface area contributed by atoms with Crippen molar-refractivity contribution in [3.8, 4) is 0 Å². The van der Waals surface area contributed by atoms with Gasteiger partial charge in [0, 0.05) is 13.0 Å². The second-order valence-electron chi connectivity index (χ2n) is 3.69. The molecule has 0 radical (unpaired) electrons. The average molecular weight is 236 g/mol. The van der Waals surface area contributed by atoms with Gasteiger partial charge in [0.2, 0.25) is 15.9 Å². The number of carbonyl (C=O) groups is 1. The van der Waals surface area contributed by atoms with E-state index in [-0.39, 0.29) is 18.7 Å². The molecule has 1 rings (SSSR count). The van der Waals surface area contributed by atoms with Gasteiger partial charge < -0.3 is 10.8 Å². The molecule has 1 amide bonds. The molecule has 6 nitrogen and oxygen atoms in total. The molecule has 88 valence electrons. The van der Waals surface area contributed by atoms with Crippen LogP contribution in [0.25, 0.3) is 0 Å². The van der Waals surface area contributed by atoms with E-state index in [0.717, 1.165) is 4.31 Å². The highest BCUT2D eigenvalue weighted by atomic mass is 32.2. The topological polar surface area (TPSA) is 101 Å². The van der Waals surface area contributed by atoms with Crippen LogP contribution in [0.5, 0.6) is 0 Å². The third-order valence-electron chi connectivity index (χ3n) is 2.38. The fourth-order valence-corrected chi connectivity index (χ4v) is 3.45. The quantitative estimate of drug-likeness (QED) is 0.630. The first-order valence-corrected chi connectivity index (χ1v) is 6.46. The normalized spacial score (nSPS) is 28.1. The van der Waals surface area contributed by atoms with Crippen molar-refractivity contribution >= 4 is 15.9 Å². The second-order valence-corrected chi connectivity index (χ2v) is 5.73. The molecule has 0 aromatic carbocycles. The molecule has 1 aliphatic heterocycles. The van der Waals surface area contributed by atoms with Crippen LogP contribution in [0.3, 0.4) is 0 Å². The predicted molar refractivity (Wildman–Crippen MR) is 54.4 cm³/mol. The lowest BCUT2D eigenvalue weighted by Gasteiger charge is -2.20. The number of nitrogens with two attached hydrogens (primary N) is 1. The minimum absolute atomic E-state index is 0.0243. The zero-order chi connectivity index (χ0) is 11.6. The summed E-state index contributed by atoms with van der Waals surface area (Å²) in [5.74, 6) is -0.727. The third-order valence-corrected chi connectivity index (χ3v) is 4.42. The Hall–Kier alpha value is -0.660. The molecule has 2 unspecified atom stereocenters. The van der Waals surface area contributed by atoms with E-state index in [1.54, 1.807) is 6.92 Å². The van der Waals surface area contributed by atoms with E-state index in [2.05, 4.69) is 0 Å². The van der Waals surface area contributed by atoms with E-state index in [9.17, 15) is 18.3 Å². The van der Waals surface area contributed by atoms with Crippen LogP contribution in [-0.4, -0.2) is 48.2 Å². The van der Waals surface area contributed by atoms with Gasteiger partial charge in [-0.25, -0.2) is 8.42 Å². The molecule has 0 spiro atoms. The van der Waals surface area contributed by atoms with Crippen LogP contribution >= 0.6 is 0 Å². The van der Waals surface area contributed by atoms with Crippen molar-refractivity contribution in [3.05, 3.63) is 0 Å². The fourth-order valence-electron chi connectivity index (χ4n) is 1.73. The number of hydrogen-bond donors (Lipinski definition) is 2. The van der Waals surface area contributed by atoms with Gasteiger partial charge >= 0.3 is 0 Å². The van der Waals surface area contributed by atoms with Gasteiger partial charge in [0.25, 0.3) is 0 Å². The van der Waals surface area contributed by atoms with Crippen molar-refractivity contribution < 1.29 is 18.3 Å². The molecule has 15 heavy (non-hydrogen) atoms. The number of carbonyl (C=O) groups excluding carboxylic acids is 1. The van der Waals surface area contributed by atoms with Gasteiger partial charge in [-0.15, -0.1) is 0 Å². The Bertz CT molecular complexity index is 341. The predicted octanol–water partition coefficient (Wildman–Crippen LogP) is -1.35. The van der Waals surface area contributed by atoms with Crippen molar-refractivity contribution in [3.63, 3.8) is 0 Å². The molecule has 0 aromatic heterocycles. The largest absolute Gasteiger partial charge is 0.392 e. The van der Waals surface area contributed by atoms with Crippen LogP contribution in [0.2, 0.25) is 0 Å². The average Bonchev–Trinajstić information content (AvgIpc) is 2.47. The van der Waals surface area contributed by atoms with E-state index in [4.69, 9.17) is 5.73 Å². The second kappa shape index (κ2) is 4.46. The lowest BCUT2D eigenvalue weighted by Crippen LogP contribution is -2.44. The number of rotatable bonds is 4. The van der Waals surface area contributed by atoms with E-state index in [1.807, 2.05) is 0 Å². The maximum atomic E-state index is 11.7. The zero-order valence-corrected chi connectivity index (χ0v) is 9.40. The smallest absolute Gasteiger partial charge is 0.235 e. The SMILES string of the molecule is CCCS(=O)(=O)N1CC(O)CC1C(N)=O. The highest BCUT2D eigenvalue weighted by Crippen LogP contribution is 2.21. The molecule has 7 heteroatoms. The van der Waals surface area contributed by atoms with Gasteiger partial charge in [-0.3, -0.25) is 4.79 Å². The molecule has 1 heterocycles. The van der Waals surface area contributed by atoms with Gasteiger partial charge in [0.15, 0.2) is 0 Å². The molecule has 1 fully saturated rings. The summed E-state index contributed by atoms with van der Waals surface area (Å²) in [6.45, 7) is 1.71. The lowest BCUT2D eigenvalue weighted by atomic mass is 10.2. The standard InChI is InChI=1S/C8H16N2O4S/c1-2-3-15(13,14)10-5-6(11)4-7(10)8(9)12/h6-7,11H,2-5H2,1H3,(H2,9,12). The molecular formula is C8H16N2O4S. The first-order valence-electron chi connectivity index (χ1n) is 4.85. The van der Waals surface area contributed by atoms with Gasteiger partial charge in [-0.1, -0.05) is 6.92 Å². The molecule has 1 aliphatic rings. The summed E-state index contributed by atoms with van der Waals surface area (Å²) in [5, 5.41) is 9.34. The van der Waals surface area contributed by atoms with Crippen LogP contribution in [0.15, 0.2) is 0 Å². The van der Waals surface area contributed by atoms with Crippen molar-refractivity contribution in [1.29, 1.82) is 0 Å². The number of amides is 1. The van der Waals surface area contributed by atoms with Crippen LogP contribution in [0.1, 0.15) is 19.8 Å². The van der Waals surface area contributed by atoms with Gasteiger partial charge in [-0.2, -0.15) is 4.31 Å². The number of aliphatic hydroxyl groups excluding tert-OH is 1. The van der Waals surface area contributed by atoms with E-state index in [1.165, 1.54) is 0 Å². The Morgan fingerprint density at radius 2 is 2.20 bits per heavy atom. The van der Waals surface area contributed by atoms with Crippen molar-refractivity contribution in [2.24, 2.45) is 5.73 Å². The minimum atomic E-state index is -3.46. The summed E-state index contributed by atoms with van der Waals surface area (Å²) in [7, 11) is -3.46. The molecule has 0 bridgehead atoms.